The number of pyridine rings is 1. The maximum absolute atomic E-state index is 6.19. The van der Waals surface area contributed by atoms with Crippen molar-refractivity contribution in [2.24, 2.45) is 5.73 Å². The topological polar surface area (TPSA) is 96.3 Å². The summed E-state index contributed by atoms with van der Waals surface area (Å²) in [6, 6.07) is 1.74. The SMILES string of the molecule is COc1cnccc1-c1nc(C(C)(N)COC(C)C)no1. The van der Waals surface area contributed by atoms with Crippen LogP contribution in [0, 0.1) is 0 Å². The fourth-order valence-corrected chi connectivity index (χ4v) is 1.69. The van der Waals surface area contributed by atoms with Gasteiger partial charge in [-0.3, -0.25) is 4.98 Å². The average molecular weight is 292 g/mol. The first-order valence-electron chi connectivity index (χ1n) is 6.67. The van der Waals surface area contributed by atoms with Crippen molar-refractivity contribution in [3.05, 3.63) is 24.3 Å². The van der Waals surface area contributed by atoms with Crippen molar-refractivity contribution in [2.75, 3.05) is 13.7 Å². The van der Waals surface area contributed by atoms with Gasteiger partial charge in [0.1, 0.15) is 11.3 Å². The molecule has 1 atom stereocenters. The smallest absolute Gasteiger partial charge is 0.261 e. The third kappa shape index (κ3) is 3.56. The van der Waals surface area contributed by atoms with Crippen LogP contribution in [-0.4, -0.2) is 34.9 Å². The van der Waals surface area contributed by atoms with Gasteiger partial charge in [0.25, 0.3) is 5.89 Å². The molecule has 2 aromatic rings. The summed E-state index contributed by atoms with van der Waals surface area (Å²) < 4.78 is 16.0. The van der Waals surface area contributed by atoms with Gasteiger partial charge in [-0.2, -0.15) is 4.98 Å². The van der Waals surface area contributed by atoms with E-state index >= 15 is 0 Å². The molecule has 2 heterocycles. The minimum absolute atomic E-state index is 0.0829. The van der Waals surface area contributed by atoms with Crippen LogP contribution in [0.25, 0.3) is 11.5 Å². The Bertz CT molecular complexity index is 595. The highest BCUT2D eigenvalue weighted by molar-refractivity contribution is 5.61. The van der Waals surface area contributed by atoms with Gasteiger partial charge in [-0.15, -0.1) is 0 Å². The van der Waals surface area contributed by atoms with Crippen molar-refractivity contribution in [2.45, 2.75) is 32.4 Å². The Kier molecular flexibility index (Phi) is 4.54. The number of nitrogens with two attached hydrogens (primary N) is 1. The molecule has 0 radical (unpaired) electrons. The molecule has 0 amide bonds. The largest absolute Gasteiger partial charge is 0.494 e. The Hall–Kier alpha value is -1.99. The number of aromatic nitrogens is 3. The molecule has 0 saturated heterocycles. The molecular weight excluding hydrogens is 272 g/mol. The van der Waals surface area contributed by atoms with E-state index in [0.717, 1.165) is 0 Å². The minimum atomic E-state index is -0.827. The number of hydrogen-bond acceptors (Lipinski definition) is 7. The van der Waals surface area contributed by atoms with E-state index in [9.17, 15) is 0 Å². The van der Waals surface area contributed by atoms with Crippen LogP contribution in [0.2, 0.25) is 0 Å². The normalized spacial score (nSPS) is 14.2. The zero-order valence-electron chi connectivity index (χ0n) is 12.7. The molecule has 1 unspecified atom stereocenters. The van der Waals surface area contributed by atoms with Gasteiger partial charge in [0.2, 0.25) is 0 Å². The summed E-state index contributed by atoms with van der Waals surface area (Å²) in [5.41, 5.74) is 6.04. The van der Waals surface area contributed by atoms with Gasteiger partial charge >= 0.3 is 0 Å². The predicted molar refractivity (Wildman–Crippen MR) is 76.7 cm³/mol. The van der Waals surface area contributed by atoms with E-state index < -0.39 is 5.54 Å². The van der Waals surface area contributed by atoms with Crippen LogP contribution in [0.4, 0.5) is 0 Å². The number of ether oxygens (including phenoxy) is 2. The Morgan fingerprint density at radius 1 is 1.43 bits per heavy atom. The third-order valence-electron chi connectivity index (χ3n) is 2.89. The third-order valence-corrected chi connectivity index (χ3v) is 2.89. The lowest BCUT2D eigenvalue weighted by Gasteiger charge is -2.21. The van der Waals surface area contributed by atoms with Gasteiger partial charge in [-0.1, -0.05) is 5.16 Å². The predicted octanol–water partition coefficient (Wildman–Crippen LogP) is 1.74. The van der Waals surface area contributed by atoms with Crippen LogP contribution in [0.15, 0.2) is 23.0 Å². The summed E-state index contributed by atoms with van der Waals surface area (Å²) in [6.07, 6.45) is 3.30. The highest BCUT2D eigenvalue weighted by atomic mass is 16.5. The molecule has 2 N–H and O–H groups in total. The van der Waals surface area contributed by atoms with E-state index in [0.29, 0.717) is 29.6 Å². The molecule has 114 valence electrons. The highest BCUT2D eigenvalue weighted by Gasteiger charge is 2.29. The van der Waals surface area contributed by atoms with Crippen molar-refractivity contribution >= 4 is 0 Å². The van der Waals surface area contributed by atoms with Gasteiger partial charge in [0.05, 0.1) is 31.6 Å². The molecule has 2 rings (SSSR count). The Labute approximate surface area is 123 Å². The minimum Gasteiger partial charge on any atom is -0.494 e. The van der Waals surface area contributed by atoms with Crippen LogP contribution in [0.1, 0.15) is 26.6 Å². The quantitative estimate of drug-likeness (QED) is 0.866. The second-order valence-electron chi connectivity index (χ2n) is 5.28. The first-order chi connectivity index (χ1) is 9.94. The summed E-state index contributed by atoms with van der Waals surface area (Å²) in [4.78, 5) is 8.33. The summed E-state index contributed by atoms with van der Waals surface area (Å²) >= 11 is 0. The molecular formula is C14H20N4O3. The van der Waals surface area contributed by atoms with Crippen molar-refractivity contribution in [3.63, 3.8) is 0 Å². The van der Waals surface area contributed by atoms with Gasteiger partial charge < -0.3 is 19.7 Å². The van der Waals surface area contributed by atoms with E-state index in [-0.39, 0.29) is 6.10 Å². The highest BCUT2D eigenvalue weighted by Crippen LogP contribution is 2.28. The summed E-state index contributed by atoms with van der Waals surface area (Å²) in [5.74, 6) is 1.28. The fourth-order valence-electron chi connectivity index (χ4n) is 1.69. The zero-order valence-corrected chi connectivity index (χ0v) is 12.7. The van der Waals surface area contributed by atoms with Gasteiger partial charge in [0, 0.05) is 6.20 Å². The van der Waals surface area contributed by atoms with Crippen LogP contribution >= 0.6 is 0 Å². The lowest BCUT2D eigenvalue weighted by molar-refractivity contribution is 0.0410. The Morgan fingerprint density at radius 3 is 2.86 bits per heavy atom. The number of methoxy groups -OCH3 is 1. The van der Waals surface area contributed by atoms with Gasteiger partial charge in [0.15, 0.2) is 5.82 Å². The molecule has 7 nitrogen and oxygen atoms in total. The van der Waals surface area contributed by atoms with Gasteiger partial charge in [-0.05, 0) is 26.8 Å². The molecule has 0 fully saturated rings. The second kappa shape index (κ2) is 6.19. The fraction of sp³-hybridized carbons (Fsp3) is 0.500. The molecule has 0 aromatic carbocycles. The van der Waals surface area contributed by atoms with E-state index in [4.69, 9.17) is 19.7 Å². The molecule has 0 aliphatic heterocycles. The van der Waals surface area contributed by atoms with Crippen LogP contribution < -0.4 is 10.5 Å². The zero-order chi connectivity index (χ0) is 15.5. The van der Waals surface area contributed by atoms with Crippen molar-refractivity contribution in [3.8, 4) is 17.2 Å². The number of nitrogens with zero attached hydrogens (tertiary/aromatic N) is 3. The maximum atomic E-state index is 6.19. The molecule has 0 aliphatic rings. The number of hydrogen-bond donors (Lipinski definition) is 1. The van der Waals surface area contributed by atoms with Crippen LogP contribution in [0.5, 0.6) is 5.75 Å². The maximum Gasteiger partial charge on any atom is 0.261 e. The molecule has 0 saturated carbocycles. The average Bonchev–Trinajstić information content (AvgIpc) is 2.95. The standard InChI is InChI=1S/C14H20N4O3/c1-9(2)20-8-14(3,15)13-17-12(21-18-13)10-5-6-16-7-11(10)19-4/h5-7,9H,8,15H2,1-4H3. The molecule has 2 aromatic heterocycles. The van der Waals surface area contributed by atoms with Crippen molar-refractivity contribution < 1.29 is 14.0 Å². The lowest BCUT2D eigenvalue weighted by Crippen LogP contribution is -2.40. The van der Waals surface area contributed by atoms with Crippen molar-refractivity contribution in [1.82, 2.24) is 15.1 Å². The summed E-state index contributed by atoms with van der Waals surface area (Å²) in [5, 5.41) is 3.95. The van der Waals surface area contributed by atoms with Crippen molar-refractivity contribution in [1.29, 1.82) is 0 Å². The Balaban J connectivity index is 2.25. The summed E-state index contributed by atoms with van der Waals surface area (Å²) in [6.45, 7) is 5.99. The second-order valence-corrected chi connectivity index (χ2v) is 5.28. The van der Waals surface area contributed by atoms with E-state index in [1.54, 1.807) is 32.5 Å². The van der Waals surface area contributed by atoms with E-state index in [2.05, 4.69) is 15.1 Å². The Morgan fingerprint density at radius 2 is 2.19 bits per heavy atom. The molecule has 7 heteroatoms. The van der Waals surface area contributed by atoms with Crippen LogP contribution in [0.3, 0.4) is 0 Å². The molecule has 0 aliphatic carbocycles. The van der Waals surface area contributed by atoms with Crippen LogP contribution in [-0.2, 0) is 10.3 Å². The monoisotopic (exact) mass is 292 g/mol. The van der Waals surface area contributed by atoms with E-state index in [1.807, 2.05) is 13.8 Å². The molecule has 0 bridgehead atoms. The first kappa shape index (κ1) is 15.4. The summed E-state index contributed by atoms with van der Waals surface area (Å²) in [7, 11) is 1.56. The first-order valence-corrected chi connectivity index (χ1v) is 6.67. The molecule has 0 spiro atoms. The van der Waals surface area contributed by atoms with E-state index in [1.165, 1.54) is 0 Å². The van der Waals surface area contributed by atoms with Gasteiger partial charge in [-0.25, -0.2) is 0 Å². The molecule has 21 heavy (non-hydrogen) atoms. The lowest BCUT2D eigenvalue weighted by atomic mass is 10.1. The number of rotatable bonds is 6.